The van der Waals surface area contributed by atoms with Gasteiger partial charge in [0.25, 0.3) is 0 Å². The van der Waals surface area contributed by atoms with E-state index in [4.69, 9.17) is 4.74 Å². The van der Waals surface area contributed by atoms with Crippen LogP contribution in [0.5, 0.6) is 5.75 Å². The number of ether oxygens (including phenoxy) is 1. The summed E-state index contributed by atoms with van der Waals surface area (Å²) in [5.74, 6) is 0.520. The molecule has 128 valence electrons. The molecular formula is C20H24FNO2. The highest BCUT2D eigenvalue weighted by Gasteiger charge is 2.11. The third kappa shape index (κ3) is 6.41. The van der Waals surface area contributed by atoms with Crippen LogP contribution in [-0.2, 0) is 17.6 Å². The van der Waals surface area contributed by atoms with Crippen LogP contribution in [0.15, 0.2) is 48.5 Å². The smallest absolute Gasteiger partial charge is 0.224 e. The first kappa shape index (κ1) is 18.0. The van der Waals surface area contributed by atoms with Gasteiger partial charge in [-0.1, -0.05) is 24.3 Å². The van der Waals surface area contributed by atoms with Crippen molar-refractivity contribution in [2.45, 2.75) is 39.2 Å². The maximum absolute atomic E-state index is 12.8. The largest absolute Gasteiger partial charge is 0.488 e. The summed E-state index contributed by atoms with van der Waals surface area (Å²) in [4.78, 5) is 12.0. The minimum absolute atomic E-state index is 0.0263. The lowest BCUT2D eigenvalue weighted by Gasteiger charge is -2.21. The molecule has 0 bridgehead atoms. The monoisotopic (exact) mass is 329 g/mol. The van der Waals surface area contributed by atoms with Crippen molar-refractivity contribution in [2.75, 3.05) is 6.54 Å². The molecule has 0 spiro atoms. The zero-order chi connectivity index (χ0) is 17.6. The predicted molar refractivity (Wildman–Crippen MR) is 93.6 cm³/mol. The highest BCUT2D eigenvalue weighted by atomic mass is 19.1. The van der Waals surface area contributed by atoms with Gasteiger partial charge in [0.1, 0.15) is 17.2 Å². The van der Waals surface area contributed by atoms with E-state index in [1.165, 1.54) is 12.1 Å². The molecule has 0 aromatic heterocycles. The normalized spacial score (nSPS) is 11.2. The summed E-state index contributed by atoms with van der Waals surface area (Å²) in [6, 6.07) is 13.9. The number of benzene rings is 2. The van der Waals surface area contributed by atoms with Crippen molar-refractivity contribution >= 4 is 5.91 Å². The molecular weight excluding hydrogens is 305 g/mol. The van der Waals surface area contributed by atoms with Gasteiger partial charge in [0.05, 0.1) is 6.42 Å². The van der Waals surface area contributed by atoms with Gasteiger partial charge in [0, 0.05) is 6.54 Å². The first-order valence-corrected chi connectivity index (χ1v) is 8.11. The van der Waals surface area contributed by atoms with Gasteiger partial charge in [-0.25, -0.2) is 4.39 Å². The van der Waals surface area contributed by atoms with E-state index in [9.17, 15) is 9.18 Å². The first-order chi connectivity index (χ1) is 11.3. The molecule has 0 fully saturated rings. The van der Waals surface area contributed by atoms with Crippen molar-refractivity contribution in [3.8, 4) is 5.75 Å². The minimum atomic E-state index is -0.248. The summed E-state index contributed by atoms with van der Waals surface area (Å²) in [5, 5.41) is 2.88. The van der Waals surface area contributed by atoms with Crippen LogP contribution in [0.4, 0.5) is 4.39 Å². The molecule has 2 aromatic rings. The minimum Gasteiger partial charge on any atom is -0.488 e. The molecule has 0 aliphatic rings. The lowest BCUT2D eigenvalue weighted by molar-refractivity contribution is -0.120. The van der Waals surface area contributed by atoms with Gasteiger partial charge in [-0.15, -0.1) is 0 Å². The van der Waals surface area contributed by atoms with E-state index in [1.807, 2.05) is 45.0 Å². The molecule has 0 unspecified atom stereocenters. The number of hydrogen-bond acceptors (Lipinski definition) is 2. The molecule has 0 saturated carbocycles. The predicted octanol–water partition coefficient (Wildman–Crippen LogP) is 3.90. The van der Waals surface area contributed by atoms with E-state index in [1.54, 1.807) is 12.1 Å². The quantitative estimate of drug-likeness (QED) is 0.873. The Morgan fingerprint density at radius 2 is 1.58 bits per heavy atom. The van der Waals surface area contributed by atoms with Gasteiger partial charge < -0.3 is 10.1 Å². The molecule has 2 aromatic carbocycles. The second-order valence-electron chi connectivity index (χ2n) is 6.76. The molecule has 0 saturated heterocycles. The Hall–Kier alpha value is -2.36. The highest BCUT2D eigenvalue weighted by Crippen LogP contribution is 2.18. The summed E-state index contributed by atoms with van der Waals surface area (Å²) in [6.45, 7) is 6.52. The lowest BCUT2D eigenvalue weighted by atomic mass is 10.1. The average molecular weight is 329 g/mol. The van der Waals surface area contributed by atoms with Crippen LogP contribution in [0.25, 0.3) is 0 Å². The van der Waals surface area contributed by atoms with E-state index in [0.717, 1.165) is 16.9 Å². The molecule has 1 N–H and O–H groups in total. The van der Waals surface area contributed by atoms with Gasteiger partial charge in [-0.3, -0.25) is 4.79 Å². The standard InChI is InChI=1S/C20H24FNO2/c1-20(2,3)24-18-10-6-16(7-11-18)14-19(23)22-13-12-15-4-8-17(21)9-5-15/h4-11H,12-14H2,1-3H3,(H,22,23). The fourth-order valence-electron chi connectivity index (χ4n) is 2.27. The van der Waals surface area contributed by atoms with Gasteiger partial charge in [-0.2, -0.15) is 0 Å². The summed E-state index contributed by atoms with van der Waals surface area (Å²) in [5.41, 5.74) is 1.70. The van der Waals surface area contributed by atoms with E-state index in [0.29, 0.717) is 19.4 Å². The fourth-order valence-corrected chi connectivity index (χ4v) is 2.27. The Kier molecular flexibility index (Phi) is 5.96. The summed E-state index contributed by atoms with van der Waals surface area (Å²) in [6.07, 6.45) is 1.02. The molecule has 0 heterocycles. The van der Waals surface area contributed by atoms with E-state index in [2.05, 4.69) is 5.32 Å². The molecule has 0 aliphatic carbocycles. The zero-order valence-corrected chi connectivity index (χ0v) is 14.4. The first-order valence-electron chi connectivity index (χ1n) is 8.11. The van der Waals surface area contributed by atoms with Crippen LogP contribution in [0.2, 0.25) is 0 Å². The molecule has 4 heteroatoms. The van der Waals surface area contributed by atoms with Crippen LogP contribution >= 0.6 is 0 Å². The molecule has 2 rings (SSSR count). The second kappa shape index (κ2) is 7.95. The maximum Gasteiger partial charge on any atom is 0.224 e. The topological polar surface area (TPSA) is 38.3 Å². The number of carbonyl (C=O) groups excluding carboxylic acids is 1. The summed E-state index contributed by atoms with van der Waals surface area (Å²) in [7, 11) is 0. The molecule has 0 atom stereocenters. The van der Waals surface area contributed by atoms with Crippen molar-refractivity contribution in [3.05, 3.63) is 65.5 Å². The Morgan fingerprint density at radius 3 is 2.17 bits per heavy atom. The van der Waals surface area contributed by atoms with Crippen molar-refractivity contribution < 1.29 is 13.9 Å². The van der Waals surface area contributed by atoms with Crippen LogP contribution in [0, 0.1) is 5.82 Å². The fraction of sp³-hybridized carbons (Fsp3) is 0.350. The van der Waals surface area contributed by atoms with Crippen LogP contribution in [-0.4, -0.2) is 18.1 Å². The van der Waals surface area contributed by atoms with Crippen molar-refractivity contribution in [1.29, 1.82) is 0 Å². The van der Waals surface area contributed by atoms with Gasteiger partial charge in [0.2, 0.25) is 5.91 Å². The number of rotatable bonds is 6. The Bertz CT molecular complexity index is 658. The van der Waals surface area contributed by atoms with E-state index >= 15 is 0 Å². The van der Waals surface area contributed by atoms with Crippen LogP contribution < -0.4 is 10.1 Å². The highest BCUT2D eigenvalue weighted by molar-refractivity contribution is 5.78. The van der Waals surface area contributed by atoms with E-state index in [-0.39, 0.29) is 17.3 Å². The van der Waals surface area contributed by atoms with Gasteiger partial charge >= 0.3 is 0 Å². The Balaban J connectivity index is 1.76. The van der Waals surface area contributed by atoms with Crippen molar-refractivity contribution in [3.63, 3.8) is 0 Å². The van der Waals surface area contributed by atoms with Gasteiger partial charge in [-0.05, 0) is 62.6 Å². The number of hydrogen-bond donors (Lipinski definition) is 1. The third-order valence-electron chi connectivity index (χ3n) is 3.36. The van der Waals surface area contributed by atoms with E-state index < -0.39 is 0 Å². The van der Waals surface area contributed by atoms with Crippen molar-refractivity contribution in [2.24, 2.45) is 0 Å². The average Bonchev–Trinajstić information content (AvgIpc) is 2.50. The summed E-state index contributed by atoms with van der Waals surface area (Å²) < 4.78 is 18.6. The number of amides is 1. The molecule has 1 amide bonds. The van der Waals surface area contributed by atoms with Crippen molar-refractivity contribution in [1.82, 2.24) is 5.32 Å². The molecule has 3 nitrogen and oxygen atoms in total. The number of carbonyl (C=O) groups is 1. The molecule has 24 heavy (non-hydrogen) atoms. The van der Waals surface area contributed by atoms with Crippen LogP contribution in [0.1, 0.15) is 31.9 Å². The molecule has 0 aliphatic heterocycles. The SMILES string of the molecule is CC(C)(C)Oc1ccc(CC(=O)NCCc2ccc(F)cc2)cc1. The Labute approximate surface area is 142 Å². The van der Waals surface area contributed by atoms with Gasteiger partial charge in [0.15, 0.2) is 0 Å². The second-order valence-corrected chi connectivity index (χ2v) is 6.76. The number of nitrogens with one attached hydrogen (secondary N) is 1. The number of halogens is 1. The van der Waals surface area contributed by atoms with Crippen LogP contribution in [0.3, 0.4) is 0 Å². The third-order valence-corrected chi connectivity index (χ3v) is 3.36. The summed E-state index contributed by atoms with van der Waals surface area (Å²) >= 11 is 0. The molecule has 0 radical (unpaired) electrons. The maximum atomic E-state index is 12.8. The Morgan fingerprint density at radius 1 is 1.00 bits per heavy atom. The lowest BCUT2D eigenvalue weighted by Crippen LogP contribution is -2.27. The zero-order valence-electron chi connectivity index (χ0n) is 14.4.